The maximum atomic E-state index is 12.0. The highest BCUT2D eigenvalue weighted by molar-refractivity contribution is 7.89. The molecule has 0 atom stereocenters. The van der Waals surface area contributed by atoms with Crippen LogP contribution in [0.4, 0.5) is 5.69 Å². The molecule has 0 saturated heterocycles. The highest BCUT2D eigenvalue weighted by atomic mass is 35.5. The summed E-state index contributed by atoms with van der Waals surface area (Å²) in [5.41, 5.74) is 5.81. The zero-order valence-corrected chi connectivity index (χ0v) is 11.6. The van der Waals surface area contributed by atoms with Gasteiger partial charge in [0.25, 0.3) is 0 Å². The average molecular weight is 290 g/mol. The average Bonchev–Trinajstić information content (AvgIpc) is 2.36. The van der Waals surface area contributed by atoms with E-state index in [1.54, 1.807) is 18.2 Å². The summed E-state index contributed by atoms with van der Waals surface area (Å²) in [6.07, 6.45) is 0.717. The van der Waals surface area contributed by atoms with Crippen molar-refractivity contribution in [2.45, 2.75) is 18.2 Å². The zero-order chi connectivity index (χ0) is 13.6. The summed E-state index contributed by atoms with van der Waals surface area (Å²) in [4.78, 5) is 4.10. The van der Waals surface area contributed by atoms with Crippen LogP contribution >= 0.6 is 11.6 Å². The van der Waals surface area contributed by atoms with E-state index >= 15 is 0 Å². The van der Waals surface area contributed by atoms with E-state index in [1.807, 2.05) is 6.92 Å². The third-order valence-electron chi connectivity index (χ3n) is 2.10. The molecular weight excluding hydrogens is 274 g/mol. The van der Waals surface area contributed by atoms with E-state index in [0.717, 1.165) is 0 Å². The van der Waals surface area contributed by atoms with Crippen molar-refractivity contribution < 1.29 is 8.42 Å². The number of sulfonamides is 1. The van der Waals surface area contributed by atoms with Gasteiger partial charge in [0.05, 0.1) is 11.6 Å². The largest absolute Gasteiger partial charge is 0.386 e. The van der Waals surface area contributed by atoms with E-state index in [2.05, 4.69) is 9.71 Å². The maximum Gasteiger partial charge on any atom is 0.242 e. The van der Waals surface area contributed by atoms with E-state index in [-0.39, 0.29) is 16.6 Å². The molecule has 0 saturated carbocycles. The Hall–Kier alpha value is -1.11. The number of nitrogens with one attached hydrogen (secondary N) is 1. The summed E-state index contributed by atoms with van der Waals surface area (Å²) < 4.78 is 26.5. The SMILES string of the molecule is CCCNS(=O)(=O)c1ccccc1N=C(N)CCl. The Labute approximate surface area is 112 Å². The molecule has 1 rings (SSSR count). The molecule has 3 N–H and O–H groups in total. The Kier molecular flexibility index (Phi) is 5.58. The predicted octanol–water partition coefficient (Wildman–Crippen LogP) is 1.60. The summed E-state index contributed by atoms with van der Waals surface area (Å²) in [5.74, 6) is 0.228. The Balaban J connectivity index is 3.17. The number of rotatable bonds is 6. The number of nitrogens with zero attached hydrogens (tertiary/aromatic N) is 1. The summed E-state index contributed by atoms with van der Waals surface area (Å²) in [7, 11) is -3.56. The number of hydrogen-bond donors (Lipinski definition) is 2. The molecular formula is C11H16ClN3O2S. The number of aliphatic imine (C=N–C) groups is 1. The van der Waals surface area contributed by atoms with Gasteiger partial charge in [-0.1, -0.05) is 19.1 Å². The fourth-order valence-electron chi connectivity index (χ4n) is 1.28. The number of alkyl halides is 1. The molecule has 0 fully saturated rings. The summed E-state index contributed by atoms with van der Waals surface area (Å²) >= 11 is 5.53. The van der Waals surface area contributed by atoms with Crippen LogP contribution in [-0.4, -0.2) is 26.7 Å². The van der Waals surface area contributed by atoms with Crippen LogP contribution in [0.15, 0.2) is 34.2 Å². The van der Waals surface area contributed by atoms with Crippen LogP contribution in [-0.2, 0) is 10.0 Å². The van der Waals surface area contributed by atoms with E-state index < -0.39 is 10.0 Å². The van der Waals surface area contributed by atoms with E-state index in [1.165, 1.54) is 6.07 Å². The minimum absolute atomic E-state index is 0.0524. The number of para-hydroxylation sites is 1. The fourth-order valence-corrected chi connectivity index (χ4v) is 2.61. The van der Waals surface area contributed by atoms with Gasteiger partial charge in [-0.15, -0.1) is 11.6 Å². The highest BCUT2D eigenvalue weighted by Crippen LogP contribution is 2.23. The molecule has 0 bridgehead atoms. The quantitative estimate of drug-likeness (QED) is 0.474. The first-order valence-electron chi connectivity index (χ1n) is 5.49. The molecule has 1 aromatic carbocycles. The predicted molar refractivity (Wildman–Crippen MR) is 73.9 cm³/mol. The molecule has 18 heavy (non-hydrogen) atoms. The summed E-state index contributed by atoms with van der Waals surface area (Å²) in [5, 5.41) is 0. The molecule has 0 radical (unpaired) electrons. The van der Waals surface area contributed by atoms with Gasteiger partial charge in [0.15, 0.2) is 0 Å². The maximum absolute atomic E-state index is 12.0. The lowest BCUT2D eigenvalue weighted by atomic mass is 10.3. The number of hydrogen-bond acceptors (Lipinski definition) is 3. The Bertz CT molecular complexity index is 529. The summed E-state index contributed by atoms with van der Waals surface area (Å²) in [6.45, 7) is 2.27. The van der Waals surface area contributed by atoms with Crippen molar-refractivity contribution >= 4 is 33.1 Å². The lowest BCUT2D eigenvalue weighted by molar-refractivity contribution is 0.581. The van der Waals surface area contributed by atoms with Crippen LogP contribution in [0.5, 0.6) is 0 Å². The van der Waals surface area contributed by atoms with Gasteiger partial charge < -0.3 is 5.73 Å². The molecule has 0 heterocycles. The minimum atomic E-state index is -3.56. The van der Waals surface area contributed by atoms with Gasteiger partial charge in [0.2, 0.25) is 10.0 Å². The van der Waals surface area contributed by atoms with Crippen molar-refractivity contribution in [1.82, 2.24) is 4.72 Å². The number of nitrogens with two attached hydrogens (primary N) is 1. The van der Waals surface area contributed by atoms with Gasteiger partial charge in [0, 0.05) is 6.54 Å². The van der Waals surface area contributed by atoms with Gasteiger partial charge >= 0.3 is 0 Å². The number of halogens is 1. The molecule has 100 valence electrons. The van der Waals surface area contributed by atoms with Crippen LogP contribution < -0.4 is 10.5 Å². The van der Waals surface area contributed by atoms with Crippen LogP contribution in [0.3, 0.4) is 0 Å². The molecule has 1 aromatic rings. The molecule has 0 aliphatic heterocycles. The molecule has 0 aliphatic rings. The van der Waals surface area contributed by atoms with Gasteiger partial charge in [0.1, 0.15) is 10.7 Å². The van der Waals surface area contributed by atoms with Crippen molar-refractivity contribution in [2.24, 2.45) is 10.7 Å². The first kappa shape index (κ1) is 14.9. The fraction of sp³-hybridized carbons (Fsp3) is 0.364. The molecule has 0 aliphatic carbocycles. The van der Waals surface area contributed by atoms with Gasteiger partial charge in [-0.25, -0.2) is 18.1 Å². The Morgan fingerprint density at radius 2 is 2.11 bits per heavy atom. The lowest BCUT2D eigenvalue weighted by Gasteiger charge is -2.08. The van der Waals surface area contributed by atoms with Crippen LogP contribution in [0.1, 0.15) is 13.3 Å². The van der Waals surface area contributed by atoms with Crippen molar-refractivity contribution in [3.8, 4) is 0 Å². The van der Waals surface area contributed by atoms with Crippen molar-refractivity contribution in [1.29, 1.82) is 0 Å². The summed E-state index contributed by atoms with van der Waals surface area (Å²) in [6, 6.07) is 6.40. The second-order valence-corrected chi connectivity index (χ2v) is 5.60. The van der Waals surface area contributed by atoms with E-state index in [9.17, 15) is 8.42 Å². The molecule has 5 nitrogen and oxygen atoms in total. The molecule has 7 heteroatoms. The molecule has 0 amide bonds. The third kappa shape index (κ3) is 3.97. The molecule has 0 spiro atoms. The second-order valence-electron chi connectivity index (χ2n) is 3.60. The highest BCUT2D eigenvalue weighted by Gasteiger charge is 2.17. The second kappa shape index (κ2) is 6.72. The van der Waals surface area contributed by atoms with Crippen molar-refractivity contribution in [3.63, 3.8) is 0 Å². The van der Waals surface area contributed by atoms with Gasteiger partial charge in [-0.05, 0) is 18.6 Å². The Morgan fingerprint density at radius 1 is 1.44 bits per heavy atom. The Morgan fingerprint density at radius 3 is 2.72 bits per heavy atom. The third-order valence-corrected chi connectivity index (χ3v) is 3.88. The normalized spacial score (nSPS) is 12.7. The monoisotopic (exact) mass is 289 g/mol. The first-order valence-corrected chi connectivity index (χ1v) is 7.50. The zero-order valence-electron chi connectivity index (χ0n) is 10.1. The molecule has 0 unspecified atom stereocenters. The van der Waals surface area contributed by atoms with Crippen molar-refractivity contribution in [2.75, 3.05) is 12.4 Å². The number of amidine groups is 1. The topological polar surface area (TPSA) is 84.5 Å². The van der Waals surface area contributed by atoms with Crippen LogP contribution in [0, 0.1) is 0 Å². The first-order chi connectivity index (χ1) is 8.51. The smallest absolute Gasteiger partial charge is 0.242 e. The van der Waals surface area contributed by atoms with Crippen molar-refractivity contribution in [3.05, 3.63) is 24.3 Å². The van der Waals surface area contributed by atoms with Crippen LogP contribution in [0.25, 0.3) is 0 Å². The standard InChI is InChI=1S/C11H16ClN3O2S/c1-2-7-14-18(16,17)10-6-4-3-5-9(10)15-11(13)8-12/h3-6,14H,2,7-8H2,1H3,(H2,13,15). The van der Waals surface area contributed by atoms with Gasteiger partial charge in [-0.2, -0.15) is 0 Å². The number of benzene rings is 1. The van der Waals surface area contributed by atoms with Gasteiger partial charge in [-0.3, -0.25) is 0 Å². The van der Waals surface area contributed by atoms with Crippen LogP contribution in [0.2, 0.25) is 0 Å². The lowest BCUT2D eigenvalue weighted by Crippen LogP contribution is -2.24. The van der Waals surface area contributed by atoms with E-state index in [0.29, 0.717) is 18.7 Å². The minimum Gasteiger partial charge on any atom is -0.386 e. The molecule has 0 aromatic heterocycles. The van der Waals surface area contributed by atoms with E-state index in [4.69, 9.17) is 17.3 Å².